The van der Waals surface area contributed by atoms with E-state index in [2.05, 4.69) is 23.9 Å². The van der Waals surface area contributed by atoms with Crippen LogP contribution in [0.3, 0.4) is 0 Å². The van der Waals surface area contributed by atoms with E-state index in [4.69, 9.17) is 11.1 Å². The molecule has 4 nitrogen and oxygen atoms in total. The van der Waals surface area contributed by atoms with Gasteiger partial charge < -0.3 is 15.5 Å². The van der Waals surface area contributed by atoms with E-state index in [0.29, 0.717) is 12.3 Å². The maximum atomic E-state index is 7.18. The number of nitrogens with one attached hydrogen (secondary N) is 1. The third-order valence-corrected chi connectivity index (χ3v) is 3.17. The normalized spacial score (nSPS) is 19.7. The summed E-state index contributed by atoms with van der Waals surface area (Å²) in [6.45, 7) is 4.53. The van der Waals surface area contributed by atoms with Gasteiger partial charge in [-0.05, 0) is 45.9 Å². The Balaban J connectivity index is 2.14. The summed E-state index contributed by atoms with van der Waals surface area (Å²) in [5.41, 5.74) is 5.34. The standard InChI is InChI=1S/C11H24N4/c1-14-6-3-10(4-7-14)9-15(2)8-5-11(12)13/h10H,3-9H2,1-2H3,(H3,12,13). The van der Waals surface area contributed by atoms with E-state index in [1.165, 1.54) is 25.9 Å². The van der Waals surface area contributed by atoms with Crippen LogP contribution >= 0.6 is 0 Å². The van der Waals surface area contributed by atoms with E-state index < -0.39 is 0 Å². The van der Waals surface area contributed by atoms with Gasteiger partial charge in [0.05, 0.1) is 5.84 Å². The lowest BCUT2D eigenvalue weighted by molar-refractivity contribution is 0.178. The van der Waals surface area contributed by atoms with Gasteiger partial charge in [0.15, 0.2) is 0 Å². The molecule has 0 radical (unpaired) electrons. The second-order valence-electron chi connectivity index (χ2n) is 4.78. The Labute approximate surface area is 92.9 Å². The average Bonchev–Trinajstić information content (AvgIpc) is 2.19. The molecule has 1 heterocycles. The third kappa shape index (κ3) is 5.14. The topological polar surface area (TPSA) is 56.4 Å². The van der Waals surface area contributed by atoms with Crippen molar-refractivity contribution < 1.29 is 0 Å². The second kappa shape index (κ2) is 6.08. The van der Waals surface area contributed by atoms with Crippen LogP contribution in [0.25, 0.3) is 0 Å². The molecule has 0 saturated carbocycles. The van der Waals surface area contributed by atoms with Gasteiger partial charge in [-0.15, -0.1) is 0 Å². The van der Waals surface area contributed by atoms with Gasteiger partial charge in [0.1, 0.15) is 0 Å². The maximum absolute atomic E-state index is 7.18. The Bertz CT molecular complexity index is 197. The highest BCUT2D eigenvalue weighted by Crippen LogP contribution is 2.16. The molecular formula is C11H24N4. The van der Waals surface area contributed by atoms with Gasteiger partial charge in [-0.2, -0.15) is 0 Å². The summed E-state index contributed by atoms with van der Waals surface area (Å²) in [5, 5.41) is 7.18. The molecule has 88 valence electrons. The van der Waals surface area contributed by atoms with Crippen LogP contribution in [0, 0.1) is 11.3 Å². The molecule has 4 heteroatoms. The van der Waals surface area contributed by atoms with E-state index >= 15 is 0 Å². The number of hydrogen-bond donors (Lipinski definition) is 2. The van der Waals surface area contributed by atoms with Gasteiger partial charge in [0.2, 0.25) is 0 Å². The number of hydrogen-bond acceptors (Lipinski definition) is 3. The van der Waals surface area contributed by atoms with Gasteiger partial charge in [0.25, 0.3) is 0 Å². The van der Waals surface area contributed by atoms with Gasteiger partial charge in [0, 0.05) is 19.5 Å². The van der Waals surface area contributed by atoms with Gasteiger partial charge >= 0.3 is 0 Å². The molecule has 1 saturated heterocycles. The molecular weight excluding hydrogens is 188 g/mol. The lowest BCUT2D eigenvalue weighted by atomic mass is 9.97. The van der Waals surface area contributed by atoms with Crippen LogP contribution in [0.5, 0.6) is 0 Å². The quantitative estimate of drug-likeness (QED) is 0.518. The van der Waals surface area contributed by atoms with Crippen molar-refractivity contribution in [1.29, 1.82) is 5.41 Å². The van der Waals surface area contributed by atoms with Crippen molar-refractivity contribution in [3.8, 4) is 0 Å². The lowest BCUT2D eigenvalue weighted by Crippen LogP contribution is -2.36. The van der Waals surface area contributed by atoms with Crippen LogP contribution in [-0.4, -0.2) is 55.9 Å². The number of nitrogens with zero attached hydrogens (tertiary/aromatic N) is 2. The Hall–Kier alpha value is -0.610. The molecule has 0 unspecified atom stereocenters. The molecule has 0 bridgehead atoms. The zero-order valence-electron chi connectivity index (χ0n) is 10.00. The van der Waals surface area contributed by atoms with E-state index in [0.717, 1.165) is 19.0 Å². The van der Waals surface area contributed by atoms with Crippen LogP contribution in [0.1, 0.15) is 19.3 Å². The molecule has 3 N–H and O–H groups in total. The smallest absolute Gasteiger partial charge is 0.0918 e. The highest BCUT2D eigenvalue weighted by Gasteiger charge is 2.17. The van der Waals surface area contributed by atoms with Gasteiger partial charge in [-0.3, -0.25) is 5.41 Å². The van der Waals surface area contributed by atoms with Crippen LogP contribution in [0.4, 0.5) is 0 Å². The summed E-state index contributed by atoms with van der Waals surface area (Å²) in [6, 6.07) is 0. The van der Waals surface area contributed by atoms with Crippen molar-refractivity contribution >= 4 is 5.84 Å². The van der Waals surface area contributed by atoms with Gasteiger partial charge in [-0.1, -0.05) is 0 Å². The predicted octanol–water partition coefficient (Wildman–Crippen LogP) is 0.586. The van der Waals surface area contributed by atoms with E-state index in [1.54, 1.807) is 0 Å². The van der Waals surface area contributed by atoms with Crippen molar-refractivity contribution in [2.24, 2.45) is 11.7 Å². The molecule has 0 amide bonds. The molecule has 0 aromatic rings. The van der Waals surface area contributed by atoms with Gasteiger partial charge in [-0.25, -0.2) is 0 Å². The van der Waals surface area contributed by atoms with E-state index in [9.17, 15) is 0 Å². The highest BCUT2D eigenvalue weighted by molar-refractivity contribution is 5.76. The van der Waals surface area contributed by atoms with Crippen molar-refractivity contribution in [1.82, 2.24) is 9.80 Å². The van der Waals surface area contributed by atoms with Crippen LogP contribution in [-0.2, 0) is 0 Å². The summed E-state index contributed by atoms with van der Waals surface area (Å²) >= 11 is 0. The van der Waals surface area contributed by atoms with Crippen LogP contribution in [0.15, 0.2) is 0 Å². The average molecular weight is 212 g/mol. The Kier molecular flexibility index (Phi) is 5.05. The number of rotatable bonds is 5. The molecule has 1 fully saturated rings. The maximum Gasteiger partial charge on any atom is 0.0918 e. The summed E-state index contributed by atoms with van der Waals surface area (Å²) in [7, 11) is 4.32. The monoisotopic (exact) mass is 212 g/mol. The fourth-order valence-electron chi connectivity index (χ4n) is 2.09. The van der Waals surface area contributed by atoms with Crippen molar-refractivity contribution in [2.45, 2.75) is 19.3 Å². The zero-order chi connectivity index (χ0) is 11.3. The van der Waals surface area contributed by atoms with Crippen molar-refractivity contribution in [2.75, 3.05) is 40.3 Å². The number of likely N-dealkylation sites (tertiary alicyclic amines) is 1. The SMILES string of the molecule is CN1CCC(CN(C)CCC(=N)N)CC1. The largest absolute Gasteiger partial charge is 0.388 e. The molecule has 0 spiro atoms. The van der Waals surface area contributed by atoms with E-state index in [1.807, 2.05) is 0 Å². The minimum Gasteiger partial charge on any atom is -0.388 e. The first kappa shape index (κ1) is 12.5. The zero-order valence-corrected chi connectivity index (χ0v) is 10.00. The molecule has 1 aliphatic heterocycles. The first-order chi connectivity index (χ1) is 7.08. The Morgan fingerprint density at radius 2 is 2.07 bits per heavy atom. The second-order valence-corrected chi connectivity index (χ2v) is 4.78. The molecule has 0 atom stereocenters. The third-order valence-electron chi connectivity index (χ3n) is 3.17. The lowest BCUT2D eigenvalue weighted by Gasteiger charge is -2.31. The Morgan fingerprint density at radius 1 is 1.47 bits per heavy atom. The Morgan fingerprint density at radius 3 is 2.60 bits per heavy atom. The molecule has 15 heavy (non-hydrogen) atoms. The summed E-state index contributed by atoms with van der Waals surface area (Å²) in [5.74, 6) is 1.13. The number of nitrogens with two attached hydrogens (primary N) is 1. The number of amidine groups is 1. The fraction of sp³-hybridized carbons (Fsp3) is 0.909. The minimum absolute atomic E-state index is 0.297. The fourth-order valence-corrected chi connectivity index (χ4v) is 2.09. The summed E-state index contributed by atoms with van der Waals surface area (Å²) < 4.78 is 0. The summed E-state index contributed by atoms with van der Waals surface area (Å²) in [4.78, 5) is 4.70. The first-order valence-electron chi connectivity index (χ1n) is 5.78. The number of piperidine rings is 1. The van der Waals surface area contributed by atoms with E-state index in [-0.39, 0.29) is 0 Å². The molecule has 0 aliphatic carbocycles. The highest BCUT2D eigenvalue weighted by atomic mass is 15.1. The molecule has 1 aliphatic rings. The molecule has 0 aromatic heterocycles. The van der Waals surface area contributed by atoms with Crippen molar-refractivity contribution in [3.63, 3.8) is 0 Å². The molecule has 0 aromatic carbocycles. The van der Waals surface area contributed by atoms with Crippen LogP contribution in [0.2, 0.25) is 0 Å². The predicted molar refractivity (Wildman–Crippen MR) is 64.2 cm³/mol. The summed E-state index contributed by atoms with van der Waals surface area (Å²) in [6.07, 6.45) is 3.31. The van der Waals surface area contributed by atoms with Crippen LogP contribution < -0.4 is 5.73 Å². The minimum atomic E-state index is 0.297. The van der Waals surface area contributed by atoms with Crippen molar-refractivity contribution in [3.05, 3.63) is 0 Å². The molecule has 1 rings (SSSR count). The first-order valence-corrected chi connectivity index (χ1v) is 5.78.